The largest absolute Gasteiger partial charge is 0.345 e. The Kier molecular flexibility index (Phi) is 4.93. The molecule has 5 nitrogen and oxygen atoms in total. The van der Waals surface area contributed by atoms with Crippen LogP contribution in [0.1, 0.15) is 46.0 Å². The van der Waals surface area contributed by atoms with Crippen LogP contribution in [0.2, 0.25) is 0 Å². The van der Waals surface area contributed by atoms with Gasteiger partial charge in [-0.05, 0) is 56.7 Å². The molecule has 0 aromatic carbocycles. The second-order valence-electron chi connectivity index (χ2n) is 6.17. The number of hydrogen-bond acceptors (Lipinski definition) is 3. The Balaban J connectivity index is 1.78. The average Bonchev–Trinajstić information content (AvgIpc) is 2.91. The van der Waals surface area contributed by atoms with E-state index in [0.29, 0.717) is 12.1 Å². The van der Waals surface area contributed by atoms with Crippen molar-refractivity contribution in [3.8, 4) is 0 Å². The molecule has 0 saturated heterocycles. The fourth-order valence-corrected chi connectivity index (χ4v) is 2.94. The van der Waals surface area contributed by atoms with Crippen molar-refractivity contribution in [2.45, 2.75) is 33.4 Å². The lowest BCUT2D eigenvalue weighted by Gasteiger charge is -2.14. The summed E-state index contributed by atoms with van der Waals surface area (Å²) in [6, 6.07) is 11.6. The average molecular weight is 334 g/mol. The lowest BCUT2D eigenvalue weighted by atomic mass is 10.1. The van der Waals surface area contributed by atoms with Gasteiger partial charge in [0.25, 0.3) is 5.91 Å². The van der Waals surface area contributed by atoms with Gasteiger partial charge in [0.2, 0.25) is 0 Å². The maximum absolute atomic E-state index is 12.7. The maximum Gasteiger partial charge on any atom is 0.253 e. The van der Waals surface area contributed by atoms with Gasteiger partial charge in [-0.25, -0.2) is 0 Å². The molecule has 1 unspecified atom stereocenters. The van der Waals surface area contributed by atoms with E-state index in [-0.39, 0.29) is 11.9 Å². The summed E-state index contributed by atoms with van der Waals surface area (Å²) >= 11 is 0. The van der Waals surface area contributed by atoms with E-state index in [0.717, 1.165) is 22.6 Å². The number of aromatic nitrogens is 3. The number of pyridine rings is 2. The van der Waals surface area contributed by atoms with Crippen molar-refractivity contribution >= 4 is 5.91 Å². The van der Waals surface area contributed by atoms with Crippen LogP contribution in [0.5, 0.6) is 0 Å². The molecule has 3 rings (SSSR count). The Morgan fingerprint density at radius 1 is 1.16 bits per heavy atom. The molecule has 1 atom stereocenters. The van der Waals surface area contributed by atoms with E-state index in [1.54, 1.807) is 18.6 Å². The zero-order valence-corrected chi connectivity index (χ0v) is 14.7. The molecule has 0 bridgehead atoms. The Labute approximate surface area is 147 Å². The van der Waals surface area contributed by atoms with E-state index in [1.807, 2.05) is 57.2 Å². The number of aryl methyl sites for hydroxylation is 1. The quantitative estimate of drug-likeness (QED) is 0.777. The minimum atomic E-state index is -0.0747. The molecule has 1 N–H and O–H groups in total. The molecule has 0 fully saturated rings. The zero-order chi connectivity index (χ0) is 17.8. The fraction of sp³-hybridized carbons (Fsp3) is 0.250. The van der Waals surface area contributed by atoms with Crippen LogP contribution in [0.15, 0.2) is 55.0 Å². The van der Waals surface area contributed by atoms with Crippen molar-refractivity contribution in [2.75, 3.05) is 0 Å². The third-order valence-corrected chi connectivity index (χ3v) is 4.42. The molecule has 0 aliphatic carbocycles. The monoisotopic (exact) mass is 334 g/mol. The van der Waals surface area contributed by atoms with Gasteiger partial charge in [-0.1, -0.05) is 6.07 Å². The summed E-state index contributed by atoms with van der Waals surface area (Å²) in [4.78, 5) is 21.1. The van der Waals surface area contributed by atoms with E-state index >= 15 is 0 Å². The van der Waals surface area contributed by atoms with Crippen LogP contribution in [-0.2, 0) is 6.54 Å². The lowest BCUT2D eigenvalue weighted by Crippen LogP contribution is -2.27. The van der Waals surface area contributed by atoms with Crippen molar-refractivity contribution in [2.24, 2.45) is 0 Å². The Morgan fingerprint density at radius 3 is 2.60 bits per heavy atom. The first-order valence-corrected chi connectivity index (χ1v) is 8.33. The molecule has 0 radical (unpaired) electrons. The molecule has 1 amide bonds. The Bertz CT molecular complexity index is 856. The summed E-state index contributed by atoms with van der Waals surface area (Å²) in [6.45, 7) is 6.62. The maximum atomic E-state index is 12.7. The molecule has 0 spiro atoms. The molecule has 5 heteroatoms. The highest BCUT2D eigenvalue weighted by Gasteiger charge is 2.18. The number of nitrogens with zero attached hydrogens (tertiary/aromatic N) is 3. The van der Waals surface area contributed by atoms with Crippen LogP contribution in [0, 0.1) is 13.8 Å². The van der Waals surface area contributed by atoms with Crippen molar-refractivity contribution in [1.29, 1.82) is 0 Å². The lowest BCUT2D eigenvalue weighted by molar-refractivity contribution is 0.0939. The van der Waals surface area contributed by atoms with E-state index < -0.39 is 0 Å². The van der Waals surface area contributed by atoms with Crippen LogP contribution >= 0.6 is 0 Å². The minimum Gasteiger partial charge on any atom is -0.345 e. The second-order valence-corrected chi connectivity index (χ2v) is 6.17. The number of nitrogens with one attached hydrogen (secondary N) is 1. The van der Waals surface area contributed by atoms with Crippen molar-refractivity contribution in [3.63, 3.8) is 0 Å². The summed E-state index contributed by atoms with van der Waals surface area (Å²) in [5.74, 6) is -0.0651. The van der Waals surface area contributed by atoms with Crippen molar-refractivity contribution < 1.29 is 4.79 Å². The summed E-state index contributed by atoms with van der Waals surface area (Å²) < 4.78 is 2.12. The Hall–Kier alpha value is -2.95. The number of rotatable bonds is 5. The molecule has 0 aliphatic heterocycles. The summed E-state index contributed by atoms with van der Waals surface area (Å²) in [5.41, 5.74) is 4.70. The van der Waals surface area contributed by atoms with Crippen molar-refractivity contribution in [3.05, 3.63) is 83.2 Å². The number of amides is 1. The normalized spacial score (nSPS) is 12.0. The van der Waals surface area contributed by atoms with Gasteiger partial charge >= 0.3 is 0 Å². The fourth-order valence-electron chi connectivity index (χ4n) is 2.94. The first kappa shape index (κ1) is 16.9. The minimum absolute atomic E-state index is 0.0651. The van der Waals surface area contributed by atoms with Gasteiger partial charge in [0.1, 0.15) is 0 Å². The number of carbonyl (C=O) groups excluding carboxylic acids is 1. The highest BCUT2D eigenvalue weighted by atomic mass is 16.1. The van der Waals surface area contributed by atoms with Crippen LogP contribution in [0.4, 0.5) is 0 Å². The smallest absolute Gasteiger partial charge is 0.253 e. The molecule has 3 aromatic rings. The second kappa shape index (κ2) is 7.30. The van der Waals surface area contributed by atoms with Crippen LogP contribution in [-0.4, -0.2) is 20.4 Å². The number of carbonyl (C=O) groups is 1. The standard InChI is InChI=1S/C20H22N4O/c1-14-12-19(16(3)24(14)13-18-6-4-5-9-22-18)20(25)23-15(2)17-7-10-21-11-8-17/h4-12,15H,13H2,1-3H3,(H,23,25). The highest BCUT2D eigenvalue weighted by molar-refractivity contribution is 5.96. The van der Waals surface area contributed by atoms with Crippen LogP contribution in [0.3, 0.4) is 0 Å². The predicted octanol–water partition coefficient (Wildman–Crippen LogP) is 3.43. The summed E-state index contributed by atoms with van der Waals surface area (Å²) in [5, 5.41) is 3.06. The SMILES string of the molecule is Cc1cc(C(=O)NC(C)c2ccncc2)c(C)n1Cc1ccccn1. The van der Waals surface area contributed by atoms with Gasteiger partial charge in [-0.3, -0.25) is 14.8 Å². The first-order valence-electron chi connectivity index (χ1n) is 8.33. The van der Waals surface area contributed by atoms with Gasteiger partial charge in [-0.2, -0.15) is 0 Å². The third kappa shape index (κ3) is 3.76. The van der Waals surface area contributed by atoms with E-state index in [9.17, 15) is 4.79 Å². The van der Waals surface area contributed by atoms with Gasteiger partial charge in [0, 0.05) is 30.0 Å². The molecule has 25 heavy (non-hydrogen) atoms. The number of hydrogen-bond donors (Lipinski definition) is 1. The first-order chi connectivity index (χ1) is 12.1. The van der Waals surface area contributed by atoms with Gasteiger partial charge in [0.05, 0.1) is 23.8 Å². The highest BCUT2D eigenvalue weighted by Crippen LogP contribution is 2.18. The van der Waals surface area contributed by atoms with Crippen molar-refractivity contribution in [1.82, 2.24) is 19.9 Å². The molecule has 3 heterocycles. The molecule has 3 aromatic heterocycles. The van der Waals surface area contributed by atoms with E-state index in [1.165, 1.54) is 0 Å². The third-order valence-electron chi connectivity index (χ3n) is 4.42. The molecular formula is C20H22N4O. The molecule has 0 saturated carbocycles. The van der Waals surface area contributed by atoms with E-state index in [4.69, 9.17) is 0 Å². The zero-order valence-electron chi connectivity index (χ0n) is 14.7. The summed E-state index contributed by atoms with van der Waals surface area (Å²) in [7, 11) is 0. The van der Waals surface area contributed by atoms with Gasteiger partial charge in [-0.15, -0.1) is 0 Å². The Morgan fingerprint density at radius 2 is 1.92 bits per heavy atom. The molecular weight excluding hydrogens is 312 g/mol. The van der Waals surface area contributed by atoms with Crippen LogP contribution in [0.25, 0.3) is 0 Å². The van der Waals surface area contributed by atoms with Crippen LogP contribution < -0.4 is 5.32 Å². The topological polar surface area (TPSA) is 59.8 Å². The van der Waals surface area contributed by atoms with Gasteiger partial charge in [0.15, 0.2) is 0 Å². The van der Waals surface area contributed by atoms with Gasteiger partial charge < -0.3 is 9.88 Å². The predicted molar refractivity (Wildman–Crippen MR) is 97.4 cm³/mol. The molecule has 128 valence electrons. The molecule has 0 aliphatic rings. The summed E-state index contributed by atoms with van der Waals surface area (Å²) in [6.07, 6.45) is 5.25. The van der Waals surface area contributed by atoms with E-state index in [2.05, 4.69) is 19.9 Å².